The molecule has 0 spiro atoms. The molecule has 2 aromatic rings. The third-order valence-electron chi connectivity index (χ3n) is 3.59. The van der Waals surface area contributed by atoms with Crippen LogP contribution in [-0.4, -0.2) is 18.2 Å². The molecule has 0 aliphatic carbocycles. The van der Waals surface area contributed by atoms with Crippen molar-refractivity contribution in [2.45, 2.75) is 6.92 Å². The van der Waals surface area contributed by atoms with Crippen molar-refractivity contribution >= 4 is 34.7 Å². The van der Waals surface area contributed by atoms with E-state index in [4.69, 9.17) is 17.3 Å². The molecule has 1 aliphatic heterocycles. The summed E-state index contributed by atoms with van der Waals surface area (Å²) in [6.07, 6.45) is 0. The summed E-state index contributed by atoms with van der Waals surface area (Å²) in [7, 11) is 0. The zero-order valence-electron chi connectivity index (χ0n) is 11.4. The largest absolute Gasteiger partial charge is 0.399 e. The lowest BCUT2D eigenvalue weighted by Crippen LogP contribution is -2.41. The van der Waals surface area contributed by atoms with Crippen molar-refractivity contribution < 1.29 is 9.59 Å². The number of nitrogens with zero attached hydrogens (tertiary/aromatic N) is 1. The molecule has 5 heteroatoms. The number of rotatable bonds is 1. The number of halogens is 1. The van der Waals surface area contributed by atoms with Crippen LogP contribution in [0.15, 0.2) is 36.4 Å². The Balaban J connectivity index is 2.12. The number of carbonyl (C=O) groups is 2. The predicted molar refractivity (Wildman–Crippen MR) is 83.1 cm³/mol. The van der Waals surface area contributed by atoms with Gasteiger partial charge < -0.3 is 5.73 Å². The van der Waals surface area contributed by atoms with Gasteiger partial charge in [0, 0.05) is 11.3 Å². The van der Waals surface area contributed by atoms with E-state index in [9.17, 15) is 9.59 Å². The first-order chi connectivity index (χ1) is 9.99. The average Bonchev–Trinajstić information content (AvgIpc) is 2.43. The number of hydrogen-bond donors (Lipinski definition) is 1. The lowest BCUT2D eigenvalue weighted by Gasteiger charge is -2.29. The topological polar surface area (TPSA) is 63.4 Å². The Hall–Kier alpha value is -2.33. The first kappa shape index (κ1) is 13.6. The fourth-order valence-electron chi connectivity index (χ4n) is 2.59. The predicted octanol–water partition coefficient (Wildman–Crippen LogP) is 3.07. The average molecular weight is 301 g/mol. The van der Waals surface area contributed by atoms with Crippen LogP contribution in [0.2, 0.25) is 5.02 Å². The second kappa shape index (κ2) is 4.90. The molecule has 0 atom stereocenters. The Kier molecular flexibility index (Phi) is 3.18. The van der Waals surface area contributed by atoms with Gasteiger partial charge in [-0.2, -0.15) is 0 Å². The molecule has 0 fully saturated rings. The third-order valence-corrected chi connectivity index (χ3v) is 3.89. The van der Waals surface area contributed by atoms with Crippen LogP contribution in [0.4, 0.5) is 11.4 Å². The molecule has 1 heterocycles. The smallest absolute Gasteiger partial charge is 0.259 e. The number of benzene rings is 2. The van der Waals surface area contributed by atoms with Crippen molar-refractivity contribution in [3.05, 3.63) is 58.1 Å². The molecule has 0 radical (unpaired) electrons. The van der Waals surface area contributed by atoms with Crippen LogP contribution < -0.4 is 10.6 Å². The van der Waals surface area contributed by atoms with E-state index in [2.05, 4.69) is 0 Å². The van der Waals surface area contributed by atoms with Crippen molar-refractivity contribution in [3.8, 4) is 0 Å². The molecule has 0 aromatic heterocycles. The molecule has 1 amide bonds. The molecule has 0 bridgehead atoms. The minimum absolute atomic E-state index is 0.0136. The minimum Gasteiger partial charge on any atom is -0.399 e. The second-order valence-corrected chi connectivity index (χ2v) is 5.43. The fraction of sp³-hybridized carbons (Fsp3) is 0.125. The van der Waals surface area contributed by atoms with Crippen molar-refractivity contribution in [1.29, 1.82) is 0 Å². The van der Waals surface area contributed by atoms with Crippen LogP contribution in [0.5, 0.6) is 0 Å². The summed E-state index contributed by atoms with van der Waals surface area (Å²) in [4.78, 5) is 26.4. The molecule has 21 heavy (non-hydrogen) atoms. The van der Waals surface area contributed by atoms with Gasteiger partial charge in [0.1, 0.15) is 0 Å². The normalized spacial score (nSPS) is 14.3. The van der Waals surface area contributed by atoms with Gasteiger partial charge in [0.2, 0.25) is 0 Å². The number of carbonyl (C=O) groups excluding carboxylic acids is 2. The number of ketones is 1. The highest BCUT2D eigenvalue weighted by Gasteiger charge is 2.32. The monoisotopic (exact) mass is 300 g/mol. The summed E-state index contributed by atoms with van der Waals surface area (Å²) in [5.74, 6) is -0.310. The van der Waals surface area contributed by atoms with Gasteiger partial charge in [-0.05, 0) is 36.8 Å². The highest BCUT2D eigenvalue weighted by molar-refractivity contribution is 6.35. The van der Waals surface area contributed by atoms with Crippen molar-refractivity contribution in [2.75, 3.05) is 17.2 Å². The van der Waals surface area contributed by atoms with Gasteiger partial charge in [-0.15, -0.1) is 0 Å². The van der Waals surface area contributed by atoms with Gasteiger partial charge in [0.25, 0.3) is 5.91 Å². The first-order valence-corrected chi connectivity index (χ1v) is 6.86. The van der Waals surface area contributed by atoms with Crippen LogP contribution >= 0.6 is 11.6 Å². The van der Waals surface area contributed by atoms with Crippen molar-refractivity contribution in [3.63, 3.8) is 0 Å². The summed E-state index contributed by atoms with van der Waals surface area (Å²) < 4.78 is 0. The van der Waals surface area contributed by atoms with Gasteiger partial charge in [-0.1, -0.05) is 23.7 Å². The van der Waals surface area contributed by atoms with E-state index in [1.165, 1.54) is 4.90 Å². The van der Waals surface area contributed by atoms with Crippen LogP contribution in [0.1, 0.15) is 26.3 Å². The van der Waals surface area contributed by atoms with Gasteiger partial charge in [0.15, 0.2) is 5.78 Å². The van der Waals surface area contributed by atoms with E-state index in [-0.39, 0.29) is 18.2 Å². The number of Topliss-reactive ketones (excluding diaryl/α,β-unsaturated/α-hetero) is 1. The highest BCUT2D eigenvalue weighted by atomic mass is 35.5. The van der Waals surface area contributed by atoms with Crippen LogP contribution in [0, 0.1) is 6.92 Å². The number of anilines is 2. The van der Waals surface area contributed by atoms with Crippen molar-refractivity contribution in [2.24, 2.45) is 0 Å². The Labute approximate surface area is 127 Å². The molecular formula is C16H13ClN2O2. The summed E-state index contributed by atoms with van der Waals surface area (Å²) in [6, 6.07) is 10.2. The second-order valence-electron chi connectivity index (χ2n) is 5.02. The van der Waals surface area contributed by atoms with Gasteiger partial charge in [-0.3, -0.25) is 14.5 Å². The first-order valence-electron chi connectivity index (χ1n) is 6.48. The van der Waals surface area contributed by atoms with E-state index in [0.29, 0.717) is 27.5 Å². The highest BCUT2D eigenvalue weighted by Crippen LogP contribution is 2.32. The van der Waals surface area contributed by atoms with E-state index < -0.39 is 0 Å². The zero-order valence-corrected chi connectivity index (χ0v) is 12.1. The lowest BCUT2D eigenvalue weighted by molar-refractivity contribution is 0.0910. The van der Waals surface area contributed by atoms with E-state index in [1.54, 1.807) is 30.3 Å². The zero-order chi connectivity index (χ0) is 15.1. The minimum atomic E-state index is -0.222. The molecule has 2 N–H and O–H groups in total. The number of aryl methyl sites for hydroxylation is 1. The molecule has 106 valence electrons. The summed E-state index contributed by atoms with van der Waals surface area (Å²) in [6.45, 7) is 1.82. The lowest BCUT2D eigenvalue weighted by atomic mass is 9.93. The molecule has 0 saturated carbocycles. The number of nitrogen functional groups attached to an aromatic ring is 1. The van der Waals surface area contributed by atoms with Gasteiger partial charge in [-0.25, -0.2) is 0 Å². The van der Waals surface area contributed by atoms with E-state index in [1.807, 2.05) is 13.0 Å². The maximum atomic E-state index is 12.6. The van der Waals surface area contributed by atoms with Crippen LogP contribution in [-0.2, 0) is 0 Å². The Bertz CT molecular complexity index is 771. The molecular weight excluding hydrogens is 288 g/mol. The molecule has 0 unspecified atom stereocenters. The van der Waals surface area contributed by atoms with Crippen molar-refractivity contribution in [1.82, 2.24) is 0 Å². The quantitative estimate of drug-likeness (QED) is 0.823. The fourth-order valence-corrected chi connectivity index (χ4v) is 2.88. The number of nitrogens with two attached hydrogens (primary N) is 1. The van der Waals surface area contributed by atoms with E-state index >= 15 is 0 Å². The van der Waals surface area contributed by atoms with Crippen LogP contribution in [0.3, 0.4) is 0 Å². The Morgan fingerprint density at radius 3 is 2.67 bits per heavy atom. The molecule has 4 nitrogen and oxygen atoms in total. The van der Waals surface area contributed by atoms with Gasteiger partial charge in [0.05, 0.1) is 22.8 Å². The molecule has 1 aliphatic rings. The Morgan fingerprint density at radius 1 is 1.19 bits per heavy atom. The SMILES string of the molecule is Cc1cccc2c1C(=O)CN(c1ccc(N)cc1Cl)C2=O. The maximum absolute atomic E-state index is 12.6. The third kappa shape index (κ3) is 2.17. The number of amides is 1. The van der Waals surface area contributed by atoms with E-state index in [0.717, 1.165) is 5.56 Å². The summed E-state index contributed by atoms with van der Waals surface area (Å²) in [5.41, 5.74) is 8.40. The maximum Gasteiger partial charge on any atom is 0.259 e. The number of hydrogen-bond acceptors (Lipinski definition) is 3. The van der Waals surface area contributed by atoms with Crippen LogP contribution in [0.25, 0.3) is 0 Å². The Morgan fingerprint density at radius 2 is 1.95 bits per heavy atom. The summed E-state index contributed by atoms with van der Waals surface area (Å²) in [5, 5.41) is 0.354. The molecule has 0 saturated heterocycles. The molecule has 3 rings (SSSR count). The molecule has 2 aromatic carbocycles. The van der Waals surface area contributed by atoms with Gasteiger partial charge >= 0.3 is 0 Å². The summed E-state index contributed by atoms with van der Waals surface area (Å²) >= 11 is 6.15. The number of fused-ring (bicyclic) bond motifs is 1. The standard InChI is InChI=1S/C16H13ClN2O2/c1-9-3-2-4-11-15(9)14(20)8-19(16(11)21)13-6-5-10(18)7-12(13)17/h2-7H,8,18H2,1H3.